The van der Waals surface area contributed by atoms with Crippen LogP contribution < -0.4 is 0 Å². The van der Waals surface area contributed by atoms with E-state index in [9.17, 15) is 4.79 Å². The fraction of sp³-hybridized carbons (Fsp3) is 0.444. The first-order valence-electron chi connectivity index (χ1n) is 7.80. The minimum atomic E-state index is -0.728. The molecule has 0 amide bonds. The Bertz CT molecular complexity index is 692. The van der Waals surface area contributed by atoms with Crippen LogP contribution in [0.4, 0.5) is 0 Å². The van der Waals surface area contributed by atoms with Crippen molar-refractivity contribution in [1.82, 2.24) is 5.16 Å². The van der Waals surface area contributed by atoms with Gasteiger partial charge in [-0.2, -0.15) is 0 Å². The average Bonchev–Trinajstić information content (AvgIpc) is 2.95. The van der Waals surface area contributed by atoms with Gasteiger partial charge < -0.3 is 18.7 Å². The number of hydrogen-bond acceptors (Lipinski definition) is 7. The normalized spacial score (nSPS) is 12.4. The summed E-state index contributed by atoms with van der Waals surface area (Å²) in [6, 6.07) is 7.68. The predicted molar refractivity (Wildman–Crippen MR) is 94.5 cm³/mol. The van der Waals surface area contributed by atoms with E-state index in [1.165, 1.54) is 21.3 Å². The first kappa shape index (κ1) is 19.5. The largest absolute Gasteiger partial charge is 0.468 e. The number of rotatable bonds is 8. The standard InChI is InChI=1S/C18H23NO5S/c1-11-14(12(2)24-19-11)10-25-15-9-7-6-8-13(15)16(17(20)21-3)18(22-4)23-5/h6-9,16,18H,10H2,1-5H3. The van der Waals surface area contributed by atoms with Crippen LogP contribution in [0.25, 0.3) is 0 Å². The molecule has 1 unspecified atom stereocenters. The van der Waals surface area contributed by atoms with E-state index in [2.05, 4.69) is 5.16 Å². The molecule has 136 valence electrons. The zero-order chi connectivity index (χ0) is 18.4. The summed E-state index contributed by atoms with van der Waals surface area (Å²) in [6.45, 7) is 3.81. The molecule has 0 fully saturated rings. The third kappa shape index (κ3) is 4.42. The Morgan fingerprint density at radius 1 is 1.20 bits per heavy atom. The Morgan fingerprint density at radius 3 is 2.44 bits per heavy atom. The lowest BCUT2D eigenvalue weighted by Gasteiger charge is -2.24. The number of aromatic nitrogens is 1. The number of benzene rings is 1. The summed E-state index contributed by atoms with van der Waals surface area (Å²) in [4.78, 5) is 13.3. The van der Waals surface area contributed by atoms with Crippen LogP contribution in [-0.2, 0) is 24.8 Å². The van der Waals surface area contributed by atoms with Gasteiger partial charge in [0.05, 0.1) is 12.8 Å². The highest BCUT2D eigenvalue weighted by Crippen LogP contribution is 2.35. The summed E-state index contributed by atoms with van der Waals surface area (Å²) < 4.78 is 20.8. The van der Waals surface area contributed by atoms with Gasteiger partial charge in [0.15, 0.2) is 6.29 Å². The van der Waals surface area contributed by atoms with Crippen molar-refractivity contribution in [2.24, 2.45) is 0 Å². The van der Waals surface area contributed by atoms with E-state index in [0.717, 1.165) is 27.5 Å². The molecule has 0 aliphatic heterocycles. The van der Waals surface area contributed by atoms with Gasteiger partial charge >= 0.3 is 5.97 Å². The Hall–Kier alpha value is -1.83. The molecule has 0 radical (unpaired) electrons. The highest BCUT2D eigenvalue weighted by atomic mass is 32.2. The van der Waals surface area contributed by atoms with Crippen molar-refractivity contribution in [3.63, 3.8) is 0 Å². The van der Waals surface area contributed by atoms with Crippen LogP contribution in [0.5, 0.6) is 0 Å². The summed E-state index contributed by atoms with van der Waals surface area (Å²) >= 11 is 1.61. The predicted octanol–water partition coefficient (Wildman–Crippen LogP) is 3.46. The molecule has 0 saturated carbocycles. The molecule has 1 aromatic heterocycles. The minimum Gasteiger partial charge on any atom is -0.468 e. The molecule has 1 aromatic carbocycles. The van der Waals surface area contributed by atoms with Gasteiger partial charge in [-0.05, 0) is 25.5 Å². The number of methoxy groups -OCH3 is 3. The second kappa shape index (κ2) is 9.03. The fourth-order valence-electron chi connectivity index (χ4n) is 2.61. The van der Waals surface area contributed by atoms with Crippen molar-refractivity contribution in [2.45, 2.75) is 36.7 Å². The molecule has 0 saturated heterocycles. The van der Waals surface area contributed by atoms with Gasteiger partial charge in [0, 0.05) is 30.4 Å². The Labute approximate surface area is 151 Å². The molecule has 2 rings (SSSR count). The zero-order valence-electron chi connectivity index (χ0n) is 15.1. The number of hydrogen-bond donors (Lipinski definition) is 0. The lowest BCUT2D eigenvalue weighted by molar-refractivity contribution is -0.163. The Balaban J connectivity index is 2.33. The summed E-state index contributed by atoms with van der Waals surface area (Å²) in [5.41, 5.74) is 2.74. The molecule has 25 heavy (non-hydrogen) atoms. The summed E-state index contributed by atoms with van der Waals surface area (Å²) in [5.74, 6) is 0.419. The van der Waals surface area contributed by atoms with Gasteiger partial charge in [-0.25, -0.2) is 0 Å². The second-order valence-electron chi connectivity index (χ2n) is 5.47. The number of nitrogens with zero attached hydrogens (tertiary/aromatic N) is 1. The molecule has 0 bridgehead atoms. The van der Waals surface area contributed by atoms with E-state index in [1.807, 2.05) is 38.1 Å². The van der Waals surface area contributed by atoms with E-state index in [-0.39, 0.29) is 0 Å². The molecule has 0 N–H and O–H groups in total. The van der Waals surface area contributed by atoms with Gasteiger partial charge in [0.2, 0.25) is 0 Å². The number of carbonyl (C=O) groups excluding carboxylic acids is 1. The fourth-order valence-corrected chi connectivity index (χ4v) is 3.86. The van der Waals surface area contributed by atoms with E-state index in [1.54, 1.807) is 11.8 Å². The van der Waals surface area contributed by atoms with Crippen molar-refractivity contribution < 1.29 is 23.5 Å². The van der Waals surface area contributed by atoms with Gasteiger partial charge in [-0.1, -0.05) is 23.4 Å². The molecular weight excluding hydrogens is 342 g/mol. The maximum atomic E-state index is 12.3. The summed E-state index contributed by atoms with van der Waals surface area (Å²) in [6.07, 6.45) is -0.728. The Kier molecular flexibility index (Phi) is 7.04. The van der Waals surface area contributed by atoms with Crippen molar-refractivity contribution in [1.29, 1.82) is 0 Å². The quantitative estimate of drug-likeness (QED) is 0.403. The smallest absolute Gasteiger partial charge is 0.318 e. The topological polar surface area (TPSA) is 70.8 Å². The molecule has 1 atom stereocenters. The van der Waals surface area contributed by atoms with Crippen molar-refractivity contribution >= 4 is 17.7 Å². The molecular formula is C18H23NO5S. The SMILES string of the molecule is COC(=O)C(c1ccccc1SCc1c(C)noc1C)C(OC)OC. The monoisotopic (exact) mass is 365 g/mol. The number of esters is 1. The van der Waals surface area contributed by atoms with Crippen molar-refractivity contribution in [3.05, 3.63) is 46.8 Å². The Morgan fingerprint density at radius 2 is 1.88 bits per heavy atom. The summed E-state index contributed by atoms with van der Waals surface area (Å²) in [5, 5.41) is 3.98. The highest BCUT2D eigenvalue weighted by molar-refractivity contribution is 7.98. The maximum Gasteiger partial charge on any atom is 0.318 e. The first-order valence-corrected chi connectivity index (χ1v) is 8.78. The van der Waals surface area contributed by atoms with Gasteiger partial charge in [-0.15, -0.1) is 11.8 Å². The van der Waals surface area contributed by atoms with Crippen LogP contribution in [0, 0.1) is 13.8 Å². The van der Waals surface area contributed by atoms with Gasteiger partial charge in [0.1, 0.15) is 11.7 Å². The third-order valence-electron chi connectivity index (χ3n) is 4.00. The van der Waals surface area contributed by atoms with Gasteiger partial charge in [-0.3, -0.25) is 4.79 Å². The zero-order valence-corrected chi connectivity index (χ0v) is 15.9. The first-order chi connectivity index (χ1) is 12.0. The van der Waals surface area contributed by atoms with Crippen LogP contribution in [-0.4, -0.2) is 38.7 Å². The number of carbonyl (C=O) groups is 1. The lowest BCUT2D eigenvalue weighted by Crippen LogP contribution is -2.30. The lowest BCUT2D eigenvalue weighted by atomic mass is 9.98. The number of thioether (sulfide) groups is 1. The molecule has 0 aliphatic carbocycles. The maximum absolute atomic E-state index is 12.3. The van der Waals surface area contributed by atoms with E-state index < -0.39 is 18.2 Å². The molecule has 7 heteroatoms. The van der Waals surface area contributed by atoms with Crippen LogP contribution in [0.1, 0.15) is 28.5 Å². The van der Waals surface area contributed by atoms with Crippen LogP contribution in [0.2, 0.25) is 0 Å². The van der Waals surface area contributed by atoms with Crippen LogP contribution in [0.15, 0.2) is 33.7 Å². The molecule has 2 aromatic rings. The average molecular weight is 365 g/mol. The molecule has 0 spiro atoms. The molecule has 1 heterocycles. The van der Waals surface area contributed by atoms with Gasteiger partial charge in [0.25, 0.3) is 0 Å². The van der Waals surface area contributed by atoms with E-state index >= 15 is 0 Å². The van der Waals surface area contributed by atoms with E-state index in [0.29, 0.717) is 5.75 Å². The van der Waals surface area contributed by atoms with Crippen LogP contribution >= 0.6 is 11.8 Å². The van der Waals surface area contributed by atoms with E-state index in [4.69, 9.17) is 18.7 Å². The highest BCUT2D eigenvalue weighted by Gasteiger charge is 2.33. The molecule has 0 aliphatic rings. The third-order valence-corrected chi connectivity index (χ3v) is 5.11. The molecule has 6 nitrogen and oxygen atoms in total. The van der Waals surface area contributed by atoms with Crippen LogP contribution in [0.3, 0.4) is 0 Å². The number of ether oxygens (including phenoxy) is 3. The second-order valence-corrected chi connectivity index (χ2v) is 6.49. The van der Waals surface area contributed by atoms with Crippen molar-refractivity contribution in [2.75, 3.05) is 21.3 Å². The number of aryl methyl sites for hydroxylation is 2. The minimum absolute atomic E-state index is 0.404. The summed E-state index contributed by atoms with van der Waals surface area (Å²) in [7, 11) is 4.37. The van der Waals surface area contributed by atoms with Crippen molar-refractivity contribution in [3.8, 4) is 0 Å².